The summed E-state index contributed by atoms with van der Waals surface area (Å²) < 4.78 is 40.4. The van der Waals surface area contributed by atoms with E-state index < -0.39 is 11.7 Å². The summed E-state index contributed by atoms with van der Waals surface area (Å²) in [5.41, 5.74) is 0.205. The Kier molecular flexibility index (Phi) is 6.23. The number of amides is 1. The van der Waals surface area contributed by atoms with E-state index in [0.29, 0.717) is 31.2 Å². The van der Waals surface area contributed by atoms with E-state index in [-0.39, 0.29) is 27.5 Å². The van der Waals surface area contributed by atoms with E-state index in [9.17, 15) is 18.0 Å². The van der Waals surface area contributed by atoms with Crippen LogP contribution in [0.4, 0.5) is 18.9 Å². The van der Waals surface area contributed by atoms with Crippen LogP contribution in [-0.2, 0) is 11.0 Å². The van der Waals surface area contributed by atoms with Gasteiger partial charge in [0.25, 0.3) is 0 Å². The zero-order chi connectivity index (χ0) is 22.2. The van der Waals surface area contributed by atoms with Gasteiger partial charge in [-0.15, -0.1) is 10.2 Å². The van der Waals surface area contributed by atoms with Gasteiger partial charge in [0, 0.05) is 43.1 Å². The van der Waals surface area contributed by atoms with Gasteiger partial charge in [-0.3, -0.25) is 9.20 Å². The second-order valence-corrected chi connectivity index (χ2v) is 8.67. The van der Waals surface area contributed by atoms with Gasteiger partial charge in [-0.25, -0.2) is 0 Å². The van der Waals surface area contributed by atoms with Crippen molar-refractivity contribution in [2.24, 2.45) is 0 Å². The Morgan fingerprint density at radius 3 is 2.52 bits per heavy atom. The summed E-state index contributed by atoms with van der Waals surface area (Å²) in [5, 5.41) is 8.40. The molecule has 2 aromatic heterocycles. The third kappa shape index (κ3) is 4.86. The zero-order valence-corrected chi connectivity index (χ0v) is 18.3. The molecule has 12 heteroatoms. The van der Waals surface area contributed by atoms with Crippen molar-refractivity contribution in [3.63, 3.8) is 0 Å². The Morgan fingerprint density at radius 2 is 1.84 bits per heavy atom. The highest BCUT2D eigenvalue weighted by molar-refractivity contribution is 7.99. The number of anilines is 1. The fourth-order valence-electron chi connectivity index (χ4n) is 3.29. The number of carbonyl (C=O) groups excluding carboxylic acids is 1. The first-order valence-electron chi connectivity index (χ1n) is 9.25. The number of halogens is 5. The Balaban J connectivity index is 1.39. The van der Waals surface area contributed by atoms with Gasteiger partial charge >= 0.3 is 6.18 Å². The molecular formula is C19H16Cl2F3N5OS. The van der Waals surface area contributed by atoms with Crippen molar-refractivity contribution in [1.82, 2.24) is 19.5 Å². The van der Waals surface area contributed by atoms with E-state index in [4.69, 9.17) is 23.2 Å². The lowest BCUT2D eigenvalue weighted by molar-refractivity contribution is -0.138. The molecule has 3 heterocycles. The number of nitrogens with zero attached hydrogens (tertiary/aromatic N) is 5. The van der Waals surface area contributed by atoms with Crippen LogP contribution in [0, 0.1) is 0 Å². The number of piperazine rings is 1. The number of benzene rings is 1. The molecule has 0 N–H and O–H groups in total. The summed E-state index contributed by atoms with van der Waals surface area (Å²) >= 11 is 13.0. The number of thioether (sulfide) groups is 1. The minimum atomic E-state index is -4.55. The molecule has 6 nitrogen and oxygen atoms in total. The van der Waals surface area contributed by atoms with Crippen molar-refractivity contribution >= 4 is 52.2 Å². The molecule has 1 aliphatic heterocycles. The lowest BCUT2D eigenvalue weighted by Gasteiger charge is -2.36. The van der Waals surface area contributed by atoms with Gasteiger partial charge in [-0.1, -0.05) is 41.0 Å². The van der Waals surface area contributed by atoms with Crippen LogP contribution in [0.1, 0.15) is 5.56 Å². The van der Waals surface area contributed by atoms with Crippen LogP contribution in [0.25, 0.3) is 5.65 Å². The first-order chi connectivity index (χ1) is 14.7. The smallest absolute Gasteiger partial charge is 0.368 e. The third-order valence-electron chi connectivity index (χ3n) is 4.89. The van der Waals surface area contributed by atoms with Crippen molar-refractivity contribution < 1.29 is 18.0 Å². The van der Waals surface area contributed by atoms with E-state index >= 15 is 0 Å². The van der Waals surface area contributed by atoms with Crippen LogP contribution in [0.5, 0.6) is 0 Å². The molecule has 0 aliphatic carbocycles. The van der Waals surface area contributed by atoms with E-state index in [2.05, 4.69) is 15.1 Å². The van der Waals surface area contributed by atoms with Gasteiger partial charge in [0.15, 0.2) is 10.8 Å². The van der Waals surface area contributed by atoms with Crippen LogP contribution >= 0.6 is 35.0 Å². The molecule has 1 fully saturated rings. The SMILES string of the molecule is O=C(CSc1nnc2c(Cl)cc(C(F)(F)F)cn12)N1CCN(c2cccc(Cl)c2)CC1. The second kappa shape index (κ2) is 8.76. The summed E-state index contributed by atoms with van der Waals surface area (Å²) in [6, 6.07) is 8.35. The number of rotatable bonds is 4. The van der Waals surface area contributed by atoms with Crippen LogP contribution in [0.3, 0.4) is 0 Å². The monoisotopic (exact) mass is 489 g/mol. The number of fused-ring (bicyclic) bond motifs is 1. The maximum atomic E-state index is 13.1. The largest absolute Gasteiger partial charge is 0.417 e. The average Bonchev–Trinajstić information content (AvgIpc) is 3.15. The number of aromatic nitrogens is 3. The van der Waals surface area contributed by atoms with Gasteiger partial charge in [-0.2, -0.15) is 13.2 Å². The normalized spacial score (nSPS) is 15.0. The van der Waals surface area contributed by atoms with Crippen molar-refractivity contribution in [2.45, 2.75) is 11.3 Å². The van der Waals surface area contributed by atoms with Crippen molar-refractivity contribution in [1.29, 1.82) is 0 Å². The van der Waals surface area contributed by atoms with Gasteiger partial charge in [0.2, 0.25) is 5.91 Å². The fourth-order valence-corrected chi connectivity index (χ4v) is 4.53. The van der Waals surface area contributed by atoms with Gasteiger partial charge in [0.05, 0.1) is 16.3 Å². The van der Waals surface area contributed by atoms with Crippen LogP contribution < -0.4 is 4.90 Å². The first kappa shape index (κ1) is 22.0. The molecule has 3 aromatic rings. The summed E-state index contributed by atoms with van der Waals surface area (Å²) in [4.78, 5) is 16.5. The number of pyridine rings is 1. The third-order valence-corrected chi connectivity index (χ3v) is 6.33. The predicted molar refractivity (Wildman–Crippen MR) is 114 cm³/mol. The molecule has 4 rings (SSSR count). The predicted octanol–water partition coefficient (Wildman–Crippen LogP) is 4.50. The molecule has 1 aromatic carbocycles. The molecule has 31 heavy (non-hydrogen) atoms. The molecule has 164 valence electrons. The molecule has 0 unspecified atom stereocenters. The highest BCUT2D eigenvalue weighted by atomic mass is 35.5. The van der Waals surface area contributed by atoms with Gasteiger partial charge < -0.3 is 9.80 Å². The first-order valence-corrected chi connectivity index (χ1v) is 11.0. The molecule has 0 bridgehead atoms. The van der Waals surface area contributed by atoms with Crippen LogP contribution in [-0.4, -0.2) is 57.3 Å². The number of hydrogen-bond donors (Lipinski definition) is 0. The Morgan fingerprint density at radius 1 is 1.10 bits per heavy atom. The maximum absolute atomic E-state index is 13.1. The second-order valence-electron chi connectivity index (χ2n) is 6.89. The average molecular weight is 490 g/mol. The molecule has 0 radical (unpaired) electrons. The van der Waals surface area contributed by atoms with E-state index in [1.165, 1.54) is 4.40 Å². The van der Waals surface area contributed by atoms with Crippen molar-refractivity contribution in [3.8, 4) is 0 Å². The molecule has 0 saturated carbocycles. The van der Waals surface area contributed by atoms with E-state index in [1.807, 2.05) is 18.2 Å². The Bertz CT molecular complexity index is 1120. The molecule has 0 spiro atoms. The molecule has 1 saturated heterocycles. The van der Waals surface area contributed by atoms with Gasteiger partial charge in [0.1, 0.15) is 0 Å². The zero-order valence-electron chi connectivity index (χ0n) is 15.9. The van der Waals surface area contributed by atoms with Gasteiger partial charge in [-0.05, 0) is 24.3 Å². The maximum Gasteiger partial charge on any atom is 0.417 e. The Labute approximate surface area is 189 Å². The number of alkyl halides is 3. The van der Waals surface area contributed by atoms with Crippen LogP contribution in [0.2, 0.25) is 10.0 Å². The minimum absolute atomic E-state index is 0.0336. The highest BCUT2D eigenvalue weighted by Crippen LogP contribution is 2.33. The van der Waals surface area contributed by atoms with E-state index in [0.717, 1.165) is 29.7 Å². The van der Waals surface area contributed by atoms with Crippen LogP contribution in [0.15, 0.2) is 41.7 Å². The number of carbonyl (C=O) groups is 1. The highest BCUT2D eigenvalue weighted by Gasteiger charge is 2.32. The summed E-state index contributed by atoms with van der Waals surface area (Å²) in [5.74, 6) is -0.0863. The van der Waals surface area contributed by atoms with E-state index in [1.54, 1.807) is 11.0 Å². The standard InChI is InChI=1S/C19H16Cl2F3N5OS/c20-13-2-1-3-14(9-13)27-4-6-28(7-5-27)16(30)11-31-18-26-25-17-15(21)8-12(10-29(17)18)19(22,23)24/h1-3,8-10H,4-7,11H2. The quantitative estimate of drug-likeness (QED) is 0.505. The topological polar surface area (TPSA) is 53.7 Å². The van der Waals surface area contributed by atoms with Crippen molar-refractivity contribution in [3.05, 3.63) is 52.1 Å². The molecular weight excluding hydrogens is 474 g/mol. The lowest BCUT2D eigenvalue weighted by atomic mass is 10.2. The summed E-state index contributed by atoms with van der Waals surface area (Å²) in [7, 11) is 0. The van der Waals surface area contributed by atoms with Crippen molar-refractivity contribution in [2.75, 3.05) is 36.8 Å². The molecule has 1 aliphatic rings. The summed E-state index contributed by atoms with van der Waals surface area (Å²) in [6.45, 7) is 2.40. The molecule has 1 amide bonds. The lowest BCUT2D eigenvalue weighted by Crippen LogP contribution is -2.49. The number of hydrogen-bond acceptors (Lipinski definition) is 5. The fraction of sp³-hybridized carbons (Fsp3) is 0.316. The Hall–Kier alpha value is -2.17. The molecule has 0 atom stereocenters. The summed E-state index contributed by atoms with van der Waals surface area (Å²) in [6.07, 6.45) is -3.67. The minimum Gasteiger partial charge on any atom is -0.368 e.